The van der Waals surface area contributed by atoms with Crippen LogP contribution in [0.25, 0.3) is 0 Å². The van der Waals surface area contributed by atoms with Gasteiger partial charge in [0.2, 0.25) is 0 Å². The zero-order valence-electron chi connectivity index (χ0n) is 9.21. The summed E-state index contributed by atoms with van der Waals surface area (Å²) in [4.78, 5) is 2.01. The molecule has 1 rings (SSSR count). The van der Waals surface area contributed by atoms with Crippen molar-refractivity contribution in [3.63, 3.8) is 0 Å². The first-order valence-electron chi connectivity index (χ1n) is 5.20. The largest absolute Gasteiger partial charge is 0.298 e. The van der Waals surface area contributed by atoms with Crippen LogP contribution >= 0.6 is 0 Å². The Kier molecular flexibility index (Phi) is 4.87. The molecular weight excluding hydrogens is 210 g/mol. The van der Waals surface area contributed by atoms with Crippen LogP contribution in [0.3, 0.4) is 0 Å². The zero-order valence-corrected chi connectivity index (χ0v) is 9.21. The highest BCUT2D eigenvalue weighted by Gasteiger charge is 2.06. The third-order valence-corrected chi connectivity index (χ3v) is 2.38. The number of hydrogen-bond donors (Lipinski definition) is 0. The second-order valence-electron chi connectivity index (χ2n) is 3.53. The van der Waals surface area contributed by atoms with Gasteiger partial charge in [0.1, 0.15) is 0 Å². The Morgan fingerprint density at radius 3 is 2.62 bits per heavy atom. The minimum atomic E-state index is -0.830. The summed E-state index contributed by atoms with van der Waals surface area (Å²) in [5, 5.41) is 8.47. The van der Waals surface area contributed by atoms with Gasteiger partial charge in [-0.1, -0.05) is 13.0 Å². The Morgan fingerprint density at radius 1 is 1.31 bits per heavy atom. The summed E-state index contributed by atoms with van der Waals surface area (Å²) >= 11 is 0. The topological polar surface area (TPSA) is 27.0 Å². The van der Waals surface area contributed by atoms with Gasteiger partial charge in [-0.3, -0.25) is 4.90 Å². The van der Waals surface area contributed by atoms with Crippen LogP contribution in [0.4, 0.5) is 8.78 Å². The van der Waals surface area contributed by atoms with E-state index >= 15 is 0 Å². The monoisotopic (exact) mass is 224 g/mol. The molecule has 4 heteroatoms. The lowest BCUT2D eigenvalue weighted by atomic mass is 10.2. The number of rotatable bonds is 5. The third-order valence-electron chi connectivity index (χ3n) is 2.38. The van der Waals surface area contributed by atoms with Crippen LogP contribution in [0.1, 0.15) is 18.9 Å². The van der Waals surface area contributed by atoms with E-state index in [1.54, 1.807) is 6.07 Å². The van der Waals surface area contributed by atoms with Crippen molar-refractivity contribution < 1.29 is 8.78 Å². The Balaban J connectivity index is 2.63. The number of halogens is 2. The number of hydrogen-bond acceptors (Lipinski definition) is 2. The maximum atomic E-state index is 12.9. The van der Waals surface area contributed by atoms with E-state index in [0.29, 0.717) is 19.5 Å². The molecule has 0 unspecified atom stereocenters. The van der Waals surface area contributed by atoms with E-state index in [9.17, 15) is 8.78 Å². The summed E-state index contributed by atoms with van der Waals surface area (Å²) in [6, 6.07) is 5.95. The molecule has 0 aromatic heterocycles. The molecule has 0 aliphatic carbocycles. The molecule has 16 heavy (non-hydrogen) atoms. The van der Waals surface area contributed by atoms with Crippen molar-refractivity contribution in [2.45, 2.75) is 19.9 Å². The second-order valence-corrected chi connectivity index (χ2v) is 3.53. The molecule has 2 nitrogen and oxygen atoms in total. The maximum Gasteiger partial charge on any atom is 0.159 e. The van der Waals surface area contributed by atoms with Crippen molar-refractivity contribution >= 4 is 0 Å². The van der Waals surface area contributed by atoms with E-state index in [1.165, 1.54) is 6.07 Å². The van der Waals surface area contributed by atoms with Gasteiger partial charge in [-0.25, -0.2) is 8.78 Å². The molecule has 0 atom stereocenters. The van der Waals surface area contributed by atoms with E-state index in [4.69, 9.17) is 5.26 Å². The molecule has 0 saturated carbocycles. The SMILES string of the molecule is CCN(CCC#N)Cc1ccc(F)c(F)c1. The average Bonchev–Trinajstić information content (AvgIpc) is 2.29. The lowest BCUT2D eigenvalue weighted by molar-refractivity contribution is 0.286. The van der Waals surface area contributed by atoms with Gasteiger partial charge in [0.15, 0.2) is 11.6 Å². The Hall–Kier alpha value is -1.47. The lowest BCUT2D eigenvalue weighted by Crippen LogP contribution is -2.23. The smallest absolute Gasteiger partial charge is 0.159 e. The molecule has 0 radical (unpaired) electrons. The van der Waals surface area contributed by atoms with E-state index < -0.39 is 11.6 Å². The third kappa shape index (κ3) is 3.59. The summed E-state index contributed by atoms with van der Waals surface area (Å²) in [6.07, 6.45) is 0.442. The van der Waals surface area contributed by atoms with Gasteiger partial charge in [-0.05, 0) is 24.2 Å². The summed E-state index contributed by atoms with van der Waals surface area (Å²) in [5.41, 5.74) is 0.721. The van der Waals surface area contributed by atoms with E-state index in [-0.39, 0.29) is 0 Å². The Labute approximate surface area is 94.1 Å². The van der Waals surface area contributed by atoms with Gasteiger partial charge in [0.25, 0.3) is 0 Å². The molecule has 0 bridgehead atoms. The maximum absolute atomic E-state index is 12.9. The molecule has 1 aromatic carbocycles. The minimum absolute atomic E-state index is 0.442. The summed E-state index contributed by atoms with van der Waals surface area (Å²) < 4.78 is 25.6. The predicted molar refractivity (Wildman–Crippen MR) is 57.5 cm³/mol. The average molecular weight is 224 g/mol. The van der Waals surface area contributed by atoms with Gasteiger partial charge in [0, 0.05) is 19.5 Å². The normalized spacial score (nSPS) is 10.4. The molecule has 0 fully saturated rings. The van der Waals surface area contributed by atoms with Crippen LogP contribution in [-0.4, -0.2) is 18.0 Å². The highest BCUT2D eigenvalue weighted by molar-refractivity contribution is 5.17. The van der Waals surface area contributed by atoms with Gasteiger partial charge >= 0.3 is 0 Å². The van der Waals surface area contributed by atoms with Crippen molar-refractivity contribution in [2.24, 2.45) is 0 Å². The standard InChI is InChI=1S/C12H14F2N2/c1-2-16(7-3-6-15)9-10-4-5-11(13)12(14)8-10/h4-5,8H,2-3,7,9H2,1H3. The molecular formula is C12H14F2N2. The van der Waals surface area contributed by atoms with Gasteiger partial charge in [-0.15, -0.1) is 0 Å². The molecule has 0 aliphatic rings. The van der Waals surface area contributed by atoms with Crippen LogP contribution in [0.5, 0.6) is 0 Å². The van der Waals surface area contributed by atoms with Crippen molar-refractivity contribution in [2.75, 3.05) is 13.1 Å². The summed E-state index contributed by atoms with van der Waals surface area (Å²) in [7, 11) is 0. The quantitative estimate of drug-likeness (QED) is 0.768. The van der Waals surface area contributed by atoms with E-state index in [0.717, 1.165) is 18.2 Å². The molecule has 0 heterocycles. The molecule has 1 aromatic rings. The van der Waals surface area contributed by atoms with Crippen molar-refractivity contribution in [1.82, 2.24) is 4.90 Å². The first-order chi connectivity index (χ1) is 7.67. The Bertz CT molecular complexity index is 385. The highest BCUT2D eigenvalue weighted by Crippen LogP contribution is 2.11. The Morgan fingerprint density at radius 2 is 2.06 bits per heavy atom. The van der Waals surface area contributed by atoms with Gasteiger partial charge in [0.05, 0.1) is 6.07 Å². The fourth-order valence-corrected chi connectivity index (χ4v) is 1.45. The second kappa shape index (κ2) is 6.19. The molecule has 0 amide bonds. The van der Waals surface area contributed by atoms with Crippen LogP contribution < -0.4 is 0 Å². The van der Waals surface area contributed by atoms with Crippen LogP contribution in [0.15, 0.2) is 18.2 Å². The van der Waals surface area contributed by atoms with Gasteiger partial charge in [-0.2, -0.15) is 5.26 Å². The van der Waals surface area contributed by atoms with Gasteiger partial charge < -0.3 is 0 Å². The molecule has 0 N–H and O–H groups in total. The molecule has 0 aliphatic heterocycles. The molecule has 86 valence electrons. The molecule has 0 spiro atoms. The fourth-order valence-electron chi connectivity index (χ4n) is 1.45. The summed E-state index contributed by atoms with van der Waals surface area (Å²) in [5.74, 6) is -1.65. The van der Waals surface area contributed by atoms with E-state index in [2.05, 4.69) is 6.07 Å². The van der Waals surface area contributed by atoms with Crippen LogP contribution in [-0.2, 0) is 6.54 Å². The first kappa shape index (κ1) is 12.6. The number of nitriles is 1. The van der Waals surface area contributed by atoms with Crippen LogP contribution in [0.2, 0.25) is 0 Å². The predicted octanol–water partition coefficient (Wildman–Crippen LogP) is 2.70. The minimum Gasteiger partial charge on any atom is -0.298 e. The summed E-state index contributed by atoms with van der Waals surface area (Å²) in [6.45, 7) is 3.93. The number of benzene rings is 1. The van der Waals surface area contributed by atoms with Crippen molar-refractivity contribution in [1.29, 1.82) is 5.26 Å². The van der Waals surface area contributed by atoms with Crippen LogP contribution in [0, 0.1) is 23.0 Å². The lowest BCUT2D eigenvalue weighted by Gasteiger charge is -2.18. The molecule has 0 saturated heterocycles. The first-order valence-corrected chi connectivity index (χ1v) is 5.20. The van der Waals surface area contributed by atoms with Crippen molar-refractivity contribution in [3.05, 3.63) is 35.4 Å². The van der Waals surface area contributed by atoms with Crippen molar-refractivity contribution in [3.8, 4) is 6.07 Å². The fraction of sp³-hybridized carbons (Fsp3) is 0.417. The zero-order chi connectivity index (χ0) is 12.0. The highest BCUT2D eigenvalue weighted by atomic mass is 19.2. The number of nitrogens with zero attached hydrogens (tertiary/aromatic N) is 2. The van der Waals surface area contributed by atoms with E-state index in [1.807, 2.05) is 11.8 Å².